The summed E-state index contributed by atoms with van der Waals surface area (Å²) in [4.78, 5) is 39.7. The Hall–Kier alpha value is -3.39. The number of rotatable bonds is 2. The molecule has 170 valence electrons. The summed E-state index contributed by atoms with van der Waals surface area (Å²) < 4.78 is 8.95. The Balaban J connectivity index is 1.71. The molecule has 0 amide bonds. The van der Waals surface area contributed by atoms with Crippen molar-refractivity contribution in [1.82, 2.24) is 9.13 Å². The first-order chi connectivity index (χ1) is 15.8. The van der Waals surface area contributed by atoms with Gasteiger partial charge in [-0.15, -0.1) is 0 Å². The molecule has 1 aliphatic carbocycles. The first-order valence-corrected chi connectivity index (χ1v) is 11.5. The molecule has 8 heteroatoms. The maximum absolute atomic E-state index is 13.7. The van der Waals surface area contributed by atoms with E-state index in [1.54, 1.807) is 29.7 Å². The molecular weight excluding hydrogens is 422 g/mol. The number of aromatic nitrogens is 2. The lowest BCUT2D eigenvalue weighted by molar-refractivity contribution is -0.172. The van der Waals surface area contributed by atoms with Gasteiger partial charge in [0.2, 0.25) is 0 Å². The Kier molecular flexibility index (Phi) is 4.17. The van der Waals surface area contributed by atoms with Crippen LogP contribution in [0.3, 0.4) is 0 Å². The number of pyridine rings is 2. The maximum atomic E-state index is 13.7. The predicted octanol–water partition coefficient (Wildman–Crippen LogP) is 2.54. The minimum absolute atomic E-state index is 0.0646. The number of esters is 1. The summed E-state index contributed by atoms with van der Waals surface area (Å²) in [6.45, 7) is 1.75. The summed E-state index contributed by atoms with van der Waals surface area (Å²) in [6.07, 6.45) is 4.32. The Labute approximate surface area is 189 Å². The van der Waals surface area contributed by atoms with Gasteiger partial charge in [0, 0.05) is 22.7 Å². The van der Waals surface area contributed by atoms with Crippen LogP contribution < -0.4 is 16.7 Å². The van der Waals surface area contributed by atoms with E-state index in [0.717, 1.165) is 36.9 Å². The number of anilines is 1. The number of ether oxygens (including phenoxy) is 1. The van der Waals surface area contributed by atoms with Gasteiger partial charge in [0.25, 0.3) is 5.56 Å². The summed E-state index contributed by atoms with van der Waals surface area (Å²) in [5.74, 6) is -0.769. The average molecular weight is 447 g/mol. The van der Waals surface area contributed by atoms with Gasteiger partial charge in [-0.25, -0.2) is 4.79 Å². The molecule has 1 aromatic carbocycles. The zero-order valence-corrected chi connectivity index (χ0v) is 18.4. The number of hydrogen-bond donors (Lipinski definition) is 2. The average Bonchev–Trinajstić information content (AvgIpc) is 3.46. The van der Waals surface area contributed by atoms with E-state index < -0.39 is 11.6 Å². The molecule has 0 saturated heterocycles. The number of carbonyl (C=O) groups excluding carboxylic acids is 1. The molecule has 0 radical (unpaired) electrons. The molecule has 0 bridgehead atoms. The SMILES string of the molecule is CC[C@@]1(O)C(=O)OCc2c1cc1n(c2=O)Cc2c-1c(=O)c1cc(N)ccc1n2C1CCCC1. The second-order valence-electron chi connectivity index (χ2n) is 9.34. The van der Waals surface area contributed by atoms with E-state index in [4.69, 9.17) is 10.5 Å². The number of nitrogens with two attached hydrogens (primary N) is 1. The summed E-state index contributed by atoms with van der Waals surface area (Å²) in [7, 11) is 0. The highest BCUT2D eigenvalue weighted by Crippen LogP contribution is 2.41. The van der Waals surface area contributed by atoms with Crippen LogP contribution >= 0.6 is 0 Å². The predicted molar refractivity (Wildman–Crippen MR) is 123 cm³/mol. The van der Waals surface area contributed by atoms with Gasteiger partial charge in [-0.2, -0.15) is 0 Å². The van der Waals surface area contributed by atoms with Gasteiger partial charge >= 0.3 is 5.97 Å². The van der Waals surface area contributed by atoms with Gasteiger partial charge in [0.1, 0.15) is 6.61 Å². The third-order valence-electron chi connectivity index (χ3n) is 7.63. The third-order valence-corrected chi connectivity index (χ3v) is 7.63. The number of carbonyl (C=O) groups is 1. The number of nitrogens with zero attached hydrogens (tertiary/aromatic N) is 2. The molecule has 33 heavy (non-hydrogen) atoms. The van der Waals surface area contributed by atoms with E-state index >= 15 is 0 Å². The van der Waals surface area contributed by atoms with Gasteiger partial charge in [-0.1, -0.05) is 19.8 Å². The van der Waals surface area contributed by atoms with Crippen LogP contribution in [0.5, 0.6) is 0 Å². The van der Waals surface area contributed by atoms with Gasteiger partial charge < -0.3 is 24.7 Å². The van der Waals surface area contributed by atoms with Crippen molar-refractivity contribution in [2.45, 2.75) is 63.8 Å². The largest absolute Gasteiger partial charge is 0.458 e. The van der Waals surface area contributed by atoms with Crippen LogP contribution in [0.2, 0.25) is 0 Å². The van der Waals surface area contributed by atoms with Crippen molar-refractivity contribution < 1.29 is 14.6 Å². The fourth-order valence-corrected chi connectivity index (χ4v) is 5.89. The van der Waals surface area contributed by atoms with Crippen LogP contribution in [0.15, 0.2) is 33.9 Å². The Bertz CT molecular complexity index is 1480. The van der Waals surface area contributed by atoms with Crippen LogP contribution in [0, 0.1) is 0 Å². The van der Waals surface area contributed by atoms with Gasteiger partial charge in [-0.05, 0) is 43.5 Å². The highest BCUT2D eigenvalue weighted by molar-refractivity contribution is 5.89. The molecule has 1 fully saturated rings. The topological polar surface area (TPSA) is 117 Å². The Morgan fingerprint density at radius 2 is 1.94 bits per heavy atom. The molecule has 3 aliphatic rings. The van der Waals surface area contributed by atoms with E-state index in [1.165, 1.54) is 0 Å². The van der Waals surface area contributed by atoms with E-state index in [2.05, 4.69) is 4.57 Å². The molecule has 3 aromatic rings. The molecule has 8 nitrogen and oxygen atoms in total. The zero-order valence-electron chi connectivity index (χ0n) is 18.4. The molecule has 6 rings (SSSR count). The van der Waals surface area contributed by atoms with Crippen LogP contribution in [-0.4, -0.2) is 20.2 Å². The smallest absolute Gasteiger partial charge is 0.343 e. The van der Waals surface area contributed by atoms with Gasteiger partial charge in [-0.3, -0.25) is 9.59 Å². The van der Waals surface area contributed by atoms with Crippen molar-refractivity contribution in [3.63, 3.8) is 0 Å². The lowest BCUT2D eigenvalue weighted by Gasteiger charge is -2.31. The fraction of sp³-hybridized carbons (Fsp3) is 0.400. The standard InChI is InChI=1S/C25H25N3O5/c1-2-25(32)17-10-19-21-20(11-27(19)23(30)16(17)12-33-24(25)31)28(14-5-3-4-6-14)18-8-7-13(26)9-15(18)22(21)29/h7-10,14,32H,2-6,11-12,26H2,1H3/t25-/m0/s1. The highest BCUT2D eigenvalue weighted by Gasteiger charge is 2.45. The quantitative estimate of drug-likeness (QED) is 0.360. The second-order valence-corrected chi connectivity index (χ2v) is 9.34. The molecule has 0 unspecified atom stereocenters. The first-order valence-electron chi connectivity index (χ1n) is 11.5. The highest BCUT2D eigenvalue weighted by atomic mass is 16.6. The van der Waals surface area contributed by atoms with E-state index in [-0.39, 0.29) is 47.7 Å². The zero-order chi connectivity index (χ0) is 23.1. The van der Waals surface area contributed by atoms with Crippen LogP contribution in [0.25, 0.3) is 22.2 Å². The molecule has 4 heterocycles. The van der Waals surface area contributed by atoms with E-state index in [0.29, 0.717) is 22.3 Å². The van der Waals surface area contributed by atoms with E-state index in [9.17, 15) is 19.5 Å². The number of nitrogen functional groups attached to an aromatic ring is 1. The molecule has 2 aromatic heterocycles. The number of hydrogen-bond acceptors (Lipinski definition) is 6. The lowest BCUT2D eigenvalue weighted by atomic mass is 9.85. The molecule has 2 aliphatic heterocycles. The second kappa shape index (κ2) is 6.81. The van der Waals surface area contributed by atoms with Crippen molar-refractivity contribution in [3.05, 3.63) is 61.7 Å². The van der Waals surface area contributed by atoms with Crippen molar-refractivity contribution in [3.8, 4) is 11.3 Å². The van der Waals surface area contributed by atoms with E-state index in [1.807, 2.05) is 6.07 Å². The first kappa shape index (κ1) is 20.2. The van der Waals surface area contributed by atoms with Crippen LogP contribution in [0.4, 0.5) is 5.69 Å². The normalized spacial score (nSPS) is 21.7. The third kappa shape index (κ3) is 2.58. The van der Waals surface area contributed by atoms with Crippen molar-refractivity contribution >= 4 is 22.6 Å². The maximum Gasteiger partial charge on any atom is 0.343 e. The van der Waals surface area contributed by atoms with Gasteiger partial charge in [0.05, 0.1) is 34.6 Å². The fourth-order valence-electron chi connectivity index (χ4n) is 5.89. The Morgan fingerprint density at radius 3 is 2.67 bits per heavy atom. The minimum atomic E-state index is -1.91. The van der Waals surface area contributed by atoms with Crippen molar-refractivity contribution in [1.29, 1.82) is 0 Å². The summed E-state index contributed by atoms with van der Waals surface area (Å²) in [6, 6.07) is 7.27. The summed E-state index contributed by atoms with van der Waals surface area (Å²) in [5, 5.41) is 11.6. The number of fused-ring (bicyclic) bond motifs is 5. The molecule has 1 atom stereocenters. The molecule has 3 N–H and O–H groups in total. The number of aliphatic hydroxyl groups is 1. The van der Waals surface area contributed by atoms with Crippen LogP contribution in [-0.2, 0) is 28.3 Å². The lowest BCUT2D eigenvalue weighted by Crippen LogP contribution is -2.44. The summed E-state index contributed by atoms with van der Waals surface area (Å²) >= 11 is 0. The number of cyclic esters (lactones) is 1. The minimum Gasteiger partial charge on any atom is -0.458 e. The molecular formula is C25H25N3O5. The van der Waals surface area contributed by atoms with Crippen molar-refractivity contribution in [2.75, 3.05) is 5.73 Å². The molecule has 0 spiro atoms. The summed E-state index contributed by atoms with van der Waals surface area (Å²) in [5.41, 5.74) is 7.14. The van der Waals surface area contributed by atoms with Crippen LogP contribution in [0.1, 0.15) is 61.9 Å². The monoisotopic (exact) mass is 447 g/mol. The van der Waals surface area contributed by atoms with Crippen molar-refractivity contribution in [2.24, 2.45) is 0 Å². The molecule has 1 saturated carbocycles. The van der Waals surface area contributed by atoms with Gasteiger partial charge in [0.15, 0.2) is 11.0 Å². The number of benzene rings is 1. The Morgan fingerprint density at radius 1 is 1.18 bits per heavy atom.